The maximum atomic E-state index is 14.3. The Morgan fingerprint density at radius 1 is 1.08 bits per heavy atom. The molecule has 1 saturated heterocycles. The summed E-state index contributed by atoms with van der Waals surface area (Å²) in [5.74, 6) is -2.97. The SMILES string of the molecule is COc1cc(F)c(C(=O)N2CCCC[C@H]2c2ccc(F)cc2)c(F)c1. The van der Waals surface area contributed by atoms with Gasteiger partial charge in [-0.05, 0) is 37.0 Å². The van der Waals surface area contributed by atoms with E-state index >= 15 is 0 Å². The lowest BCUT2D eigenvalue weighted by Crippen LogP contribution is -2.39. The van der Waals surface area contributed by atoms with Gasteiger partial charge < -0.3 is 9.64 Å². The van der Waals surface area contributed by atoms with E-state index < -0.39 is 23.1 Å². The molecule has 1 fully saturated rings. The number of rotatable bonds is 3. The monoisotopic (exact) mass is 349 g/mol. The minimum atomic E-state index is -0.953. The van der Waals surface area contributed by atoms with Crippen molar-refractivity contribution in [1.82, 2.24) is 4.90 Å². The van der Waals surface area contributed by atoms with Crippen molar-refractivity contribution in [2.45, 2.75) is 25.3 Å². The lowest BCUT2D eigenvalue weighted by molar-refractivity contribution is 0.0601. The standard InChI is InChI=1S/C19H18F3NO2/c1-25-14-10-15(21)18(16(22)11-14)19(24)23-9-3-2-4-17(23)12-5-7-13(20)8-6-12/h5-8,10-11,17H,2-4,9H2,1H3/t17-/m0/s1. The number of likely N-dealkylation sites (tertiary alicyclic amines) is 1. The van der Waals surface area contributed by atoms with E-state index in [2.05, 4.69) is 0 Å². The number of carbonyl (C=O) groups excluding carboxylic acids is 1. The average molecular weight is 349 g/mol. The zero-order valence-corrected chi connectivity index (χ0v) is 13.8. The van der Waals surface area contributed by atoms with Gasteiger partial charge in [0.2, 0.25) is 0 Å². The minimum Gasteiger partial charge on any atom is -0.497 e. The summed E-state index contributed by atoms with van der Waals surface area (Å²) in [7, 11) is 1.30. The predicted molar refractivity (Wildman–Crippen MR) is 86.9 cm³/mol. The van der Waals surface area contributed by atoms with Crippen LogP contribution in [-0.2, 0) is 0 Å². The van der Waals surface area contributed by atoms with Crippen LogP contribution in [0.25, 0.3) is 0 Å². The number of methoxy groups -OCH3 is 1. The van der Waals surface area contributed by atoms with Crippen molar-refractivity contribution in [3.63, 3.8) is 0 Å². The van der Waals surface area contributed by atoms with Crippen LogP contribution in [0.2, 0.25) is 0 Å². The Bertz CT molecular complexity index is 754. The summed E-state index contributed by atoms with van der Waals surface area (Å²) < 4.78 is 46.5. The highest BCUT2D eigenvalue weighted by atomic mass is 19.1. The van der Waals surface area contributed by atoms with Crippen molar-refractivity contribution in [2.24, 2.45) is 0 Å². The van der Waals surface area contributed by atoms with Gasteiger partial charge in [0.05, 0.1) is 13.2 Å². The lowest BCUT2D eigenvalue weighted by Gasteiger charge is -2.36. The van der Waals surface area contributed by atoms with E-state index in [1.807, 2.05) is 0 Å². The molecular formula is C19H18F3NO2. The molecule has 0 bridgehead atoms. The number of hydrogen-bond acceptors (Lipinski definition) is 2. The lowest BCUT2D eigenvalue weighted by atomic mass is 9.94. The maximum Gasteiger partial charge on any atom is 0.260 e. The molecule has 2 aromatic rings. The second-order valence-corrected chi connectivity index (χ2v) is 6.03. The summed E-state index contributed by atoms with van der Waals surface area (Å²) in [6, 6.07) is 7.50. The Hall–Kier alpha value is -2.50. The van der Waals surface area contributed by atoms with E-state index in [0.29, 0.717) is 13.0 Å². The Labute approximate surface area is 144 Å². The fourth-order valence-corrected chi connectivity index (χ4v) is 3.22. The van der Waals surface area contributed by atoms with Gasteiger partial charge in [-0.25, -0.2) is 13.2 Å². The topological polar surface area (TPSA) is 29.5 Å². The van der Waals surface area contributed by atoms with Gasteiger partial charge in [0.25, 0.3) is 5.91 Å². The molecule has 1 heterocycles. The van der Waals surface area contributed by atoms with Crippen LogP contribution in [0.15, 0.2) is 36.4 Å². The summed E-state index contributed by atoms with van der Waals surface area (Å²) in [6.07, 6.45) is 2.30. The zero-order valence-electron chi connectivity index (χ0n) is 13.8. The van der Waals surface area contributed by atoms with Crippen LogP contribution in [-0.4, -0.2) is 24.5 Å². The highest BCUT2D eigenvalue weighted by Gasteiger charge is 2.32. The minimum absolute atomic E-state index is 0.0141. The number of ether oxygens (including phenoxy) is 1. The molecule has 1 aliphatic heterocycles. The third kappa shape index (κ3) is 3.48. The molecule has 1 aliphatic rings. The Balaban J connectivity index is 1.95. The molecular weight excluding hydrogens is 331 g/mol. The van der Waals surface area contributed by atoms with E-state index in [4.69, 9.17) is 4.74 Å². The van der Waals surface area contributed by atoms with E-state index in [-0.39, 0.29) is 17.6 Å². The molecule has 132 valence electrons. The largest absolute Gasteiger partial charge is 0.497 e. The maximum absolute atomic E-state index is 14.3. The van der Waals surface area contributed by atoms with E-state index in [0.717, 1.165) is 30.5 Å². The first kappa shape index (κ1) is 17.3. The first-order valence-electron chi connectivity index (χ1n) is 8.10. The second kappa shape index (κ2) is 7.17. The fraction of sp³-hybridized carbons (Fsp3) is 0.316. The number of benzene rings is 2. The van der Waals surface area contributed by atoms with Crippen LogP contribution in [0.4, 0.5) is 13.2 Å². The van der Waals surface area contributed by atoms with Crippen molar-refractivity contribution in [3.05, 3.63) is 65.0 Å². The van der Waals surface area contributed by atoms with Crippen molar-refractivity contribution in [2.75, 3.05) is 13.7 Å². The van der Waals surface area contributed by atoms with Crippen molar-refractivity contribution in [3.8, 4) is 5.75 Å². The molecule has 0 radical (unpaired) electrons. The molecule has 2 aromatic carbocycles. The van der Waals surface area contributed by atoms with Crippen LogP contribution >= 0.6 is 0 Å². The van der Waals surface area contributed by atoms with E-state index in [9.17, 15) is 18.0 Å². The molecule has 0 unspecified atom stereocenters. The van der Waals surface area contributed by atoms with Crippen LogP contribution in [0.5, 0.6) is 5.75 Å². The van der Waals surface area contributed by atoms with Gasteiger partial charge in [0.15, 0.2) is 0 Å². The molecule has 3 rings (SSSR count). The molecule has 3 nitrogen and oxygen atoms in total. The van der Waals surface area contributed by atoms with Crippen molar-refractivity contribution < 1.29 is 22.7 Å². The molecule has 25 heavy (non-hydrogen) atoms. The molecule has 1 amide bonds. The van der Waals surface area contributed by atoms with Crippen LogP contribution in [0.1, 0.15) is 41.2 Å². The number of halogens is 3. The third-order valence-electron chi connectivity index (χ3n) is 4.48. The molecule has 0 aromatic heterocycles. The first-order valence-corrected chi connectivity index (χ1v) is 8.10. The van der Waals surface area contributed by atoms with E-state index in [1.54, 1.807) is 12.1 Å². The fourth-order valence-electron chi connectivity index (χ4n) is 3.22. The summed E-state index contributed by atoms with van der Waals surface area (Å²) in [5.41, 5.74) is 0.165. The smallest absolute Gasteiger partial charge is 0.260 e. The van der Waals surface area contributed by atoms with Gasteiger partial charge in [0.1, 0.15) is 28.8 Å². The van der Waals surface area contributed by atoms with Crippen molar-refractivity contribution in [1.29, 1.82) is 0 Å². The summed E-state index contributed by atoms with van der Waals surface area (Å²) in [6.45, 7) is 0.395. The number of amides is 1. The van der Waals surface area contributed by atoms with Crippen molar-refractivity contribution >= 4 is 5.91 Å². The van der Waals surface area contributed by atoms with Crippen LogP contribution in [0, 0.1) is 17.5 Å². The zero-order chi connectivity index (χ0) is 18.0. The third-order valence-corrected chi connectivity index (χ3v) is 4.48. The first-order chi connectivity index (χ1) is 12.0. The Kier molecular flexibility index (Phi) is 4.97. The molecule has 0 saturated carbocycles. The quantitative estimate of drug-likeness (QED) is 0.818. The normalized spacial score (nSPS) is 17.4. The number of nitrogens with zero attached hydrogens (tertiary/aromatic N) is 1. The van der Waals surface area contributed by atoms with Gasteiger partial charge in [-0.2, -0.15) is 0 Å². The van der Waals surface area contributed by atoms with Gasteiger partial charge in [0, 0.05) is 18.7 Å². The molecule has 6 heteroatoms. The Morgan fingerprint density at radius 3 is 2.32 bits per heavy atom. The van der Waals surface area contributed by atoms with E-state index in [1.165, 1.54) is 24.1 Å². The molecule has 0 N–H and O–H groups in total. The van der Waals surface area contributed by atoms with Crippen LogP contribution < -0.4 is 4.74 Å². The van der Waals surface area contributed by atoms with Gasteiger partial charge >= 0.3 is 0 Å². The van der Waals surface area contributed by atoms with Gasteiger partial charge in [-0.3, -0.25) is 4.79 Å². The summed E-state index contributed by atoms with van der Waals surface area (Å²) >= 11 is 0. The molecule has 1 atom stereocenters. The number of hydrogen-bond donors (Lipinski definition) is 0. The summed E-state index contributed by atoms with van der Waals surface area (Å²) in [5, 5.41) is 0. The van der Waals surface area contributed by atoms with Gasteiger partial charge in [-0.15, -0.1) is 0 Å². The molecule has 0 spiro atoms. The van der Waals surface area contributed by atoms with Gasteiger partial charge in [-0.1, -0.05) is 12.1 Å². The highest BCUT2D eigenvalue weighted by Crippen LogP contribution is 2.33. The Morgan fingerprint density at radius 2 is 1.72 bits per heavy atom. The number of piperidine rings is 1. The summed E-state index contributed by atoms with van der Waals surface area (Å²) in [4.78, 5) is 14.3. The van der Waals surface area contributed by atoms with Crippen LogP contribution in [0.3, 0.4) is 0 Å². The average Bonchev–Trinajstić information content (AvgIpc) is 2.61. The highest BCUT2D eigenvalue weighted by molar-refractivity contribution is 5.95. The predicted octanol–water partition coefficient (Wildman–Crippen LogP) is 4.48. The number of carbonyl (C=O) groups is 1. The molecule has 0 aliphatic carbocycles. The second-order valence-electron chi connectivity index (χ2n) is 6.03.